The predicted octanol–water partition coefficient (Wildman–Crippen LogP) is 2.55. The number of nitrogen functional groups attached to an aromatic ring is 1. The van der Waals surface area contributed by atoms with E-state index in [1.54, 1.807) is 28.6 Å². The number of nitrogens with two attached hydrogens (primary N) is 1. The molecule has 5 heterocycles. The zero-order valence-electron chi connectivity index (χ0n) is 17.4. The van der Waals surface area contributed by atoms with Crippen molar-refractivity contribution in [2.45, 2.75) is 26.4 Å². The first-order valence-electron chi connectivity index (χ1n) is 10.2. The molecule has 1 fully saturated rings. The van der Waals surface area contributed by atoms with E-state index in [1.165, 1.54) is 0 Å². The summed E-state index contributed by atoms with van der Waals surface area (Å²) in [5.74, 6) is 0.212. The van der Waals surface area contributed by atoms with Crippen LogP contribution in [0, 0.1) is 0 Å². The van der Waals surface area contributed by atoms with Crippen molar-refractivity contribution >= 4 is 28.5 Å². The van der Waals surface area contributed by atoms with Crippen LogP contribution >= 0.6 is 11.3 Å². The summed E-state index contributed by atoms with van der Waals surface area (Å²) >= 11 is 1.60. The number of morpholine rings is 1. The highest BCUT2D eigenvalue weighted by Crippen LogP contribution is 2.47. The van der Waals surface area contributed by atoms with Crippen LogP contribution in [0.1, 0.15) is 31.1 Å². The second-order valence-electron chi connectivity index (χ2n) is 7.43. The third-order valence-corrected chi connectivity index (χ3v) is 6.75. The van der Waals surface area contributed by atoms with E-state index in [4.69, 9.17) is 25.2 Å². The van der Waals surface area contributed by atoms with Crippen molar-refractivity contribution in [2.24, 2.45) is 0 Å². The van der Waals surface area contributed by atoms with Crippen LogP contribution in [0.25, 0.3) is 21.8 Å². The third kappa shape index (κ3) is 3.43. The molecule has 0 aliphatic carbocycles. The van der Waals surface area contributed by atoms with E-state index in [9.17, 15) is 4.79 Å². The molecule has 1 amide bonds. The maximum atomic E-state index is 12.4. The Labute approximate surface area is 183 Å². The number of hydrogen-bond donors (Lipinski definition) is 1. The molecule has 1 saturated heterocycles. The van der Waals surface area contributed by atoms with Crippen molar-refractivity contribution < 1.29 is 14.3 Å². The third-order valence-electron chi connectivity index (χ3n) is 5.58. The van der Waals surface area contributed by atoms with Gasteiger partial charge in [0.1, 0.15) is 11.4 Å². The van der Waals surface area contributed by atoms with Gasteiger partial charge in [-0.25, -0.2) is 24.7 Å². The van der Waals surface area contributed by atoms with Gasteiger partial charge in [0.05, 0.1) is 43.0 Å². The van der Waals surface area contributed by atoms with Crippen molar-refractivity contribution in [3.63, 3.8) is 0 Å². The van der Waals surface area contributed by atoms with Gasteiger partial charge in [0.15, 0.2) is 5.13 Å². The summed E-state index contributed by atoms with van der Waals surface area (Å²) in [7, 11) is 0. The monoisotopic (exact) mass is 441 g/mol. The highest BCUT2D eigenvalue weighted by atomic mass is 32.1. The quantitative estimate of drug-likeness (QED) is 0.654. The number of anilines is 2. The molecular formula is C20H23N7O3S. The molecule has 31 heavy (non-hydrogen) atoms. The molecule has 10 nitrogen and oxygen atoms in total. The molecule has 0 spiro atoms. The highest BCUT2D eigenvalue weighted by Gasteiger charge is 2.39. The molecule has 0 bridgehead atoms. The number of rotatable bonds is 3. The van der Waals surface area contributed by atoms with Crippen LogP contribution in [0.5, 0.6) is 0 Å². The lowest BCUT2D eigenvalue weighted by Crippen LogP contribution is -2.36. The molecule has 1 unspecified atom stereocenters. The Kier molecular flexibility index (Phi) is 5.06. The first-order valence-corrected chi connectivity index (χ1v) is 11.1. The lowest BCUT2D eigenvalue weighted by atomic mass is 10.1. The van der Waals surface area contributed by atoms with Gasteiger partial charge in [-0.05, 0) is 13.8 Å². The molecule has 4 aliphatic rings. The standard InChI is InChI=1S/C20H23N7O3S/c1-3-30-20(28)27-10-13-14(11(27)2)24-16-15(12-8-22-18(21)23-9-12)25-19(31-17(13)16)26-4-6-29-7-5-26/h8-9,11H,3-7,10H2,1-2H3,(H2,21,22,23). The first-order chi connectivity index (χ1) is 15.1. The molecule has 0 aromatic carbocycles. The number of carbonyl (C=O) groups is 1. The van der Waals surface area contributed by atoms with Crippen molar-refractivity contribution in [3.05, 3.63) is 23.7 Å². The zero-order chi connectivity index (χ0) is 21.5. The fourth-order valence-electron chi connectivity index (χ4n) is 3.96. The number of amides is 1. The second-order valence-corrected chi connectivity index (χ2v) is 8.41. The molecule has 1 aromatic rings. The normalized spacial score (nSPS) is 18.5. The average Bonchev–Trinajstić information content (AvgIpc) is 3.31. The molecule has 2 N–H and O–H groups in total. The summed E-state index contributed by atoms with van der Waals surface area (Å²) in [6.45, 7) is 7.46. The molecule has 0 saturated carbocycles. The lowest BCUT2D eigenvalue weighted by molar-refractivity contribution is 0.0957. The van der Waals surface area contributed by atoms with Crippen LogP contribution in [0.15, 0.2) is 12.4 Å². The molecular weight excluding hydrogens is 418 g/mol. The van der Waals surface area contributed by atoms with Gasteiger partial charge < -0.3 is 20.1 Å². The molecule has 0 radical (unpaired) electrons. The predicted molar refractivity (Wildman–Crippen MR) is 116 cm³/mol. The SMILES string of the molecule is CCOC(=O)N1Cc2c(nc3c(-c4cnc(N)nc4)nc(N4CCOCC4)sc2-3)C1C. The van der Waals surface area contributed by atoms with Crippen LogP contribution in [0.2, 0.25) is 0 Å². The molecule has 5 rings (SSSR count). The largest absolute Gasteiger partial charge is 0.450 e. The number of ether oxygens (including phenoxy) is 2. The van der Waals surface area contributed by atoms with Gasteiger partial charge in [0.25, 0.3) is 0 Å². The van der Waals surface area contributed by atoms with E-state index in [2.05, 4.69) is 14.9 Å². The Morgan fingerprint density at radius 3 is 2.71 bits per heavy atom. The molecule has 1 aromatic heterocycles. The number of hydrogen-bond acceptors (Lipinski definition) is 10. The van der Waals surface area contributed by atoms with E-state index >= 15 is 0 Å². The average molecular weight is 442 g/mol. The summed E-state index contributed by atoms with van der Waals surface area (Å²) in [6, 6.07) is -0.170. The minimum Gasteiger partial charge on any atom is -0.450 e. The molecule has 11 heteroatoms. The number of carbonyl (C=O) groups excluding carboxylic acids is 1. The Hall–Kier alpha value is -3.05. The van der Waals surface area contributed by atoms with Gasteiger partial charge in [-0.2, -0.15) is 0 Å². The van der Waals surface area contributed by atoms with Crippen LogP contribution < -0.4 is 10.6 Å². The maximum Gasteiger partial charge on any atom is 0.410 e. The van der Waals surface area contributed by atoms with Crippen molar-refractivity contribution in [1.29, 1.82) is 0 Å². The Morgan fingerprint density at radius 1 is 1.26 bits per heavy atom. The van der Waals surface area contributed by atoms with Gasteiger partial charge in [-0.3, -0.25) is 4.90 Å². The van der Waals surface area contributed by atoms with Crippen molar-refractivity contribution in [1.82, 2.24) is 24.8 Å². The van der Waals surface area contributed by atoms with E-state index in [-0.39, 0.29) is 18.1 Å². The van der Waals surface area contributed by atoms with E-state index in [0.29, 0.717) is 26.4 Å². The van der Waals surface area contributed by atoms with Crippen molar-refractivity contribution in [2.75, 3.05) is 43.5 Å². The summed E-state index contributed by atoms with van der Waals surface area (Å²) in [5.41, 5.74) is 9.90. The van der Waals surface area contributed by atoms with E-state index in [0.717, 1.165) is 51.3 Å². The van der Waals surface area contributed by atoms with Gasteiger partial charge in [0, 0.05) is 36.6 Å². The first kappa shape index (κ1) is 19.9. The highest BCUT2D eigenvalue weighted by molar-refractivity contribution is 7.19. The zero-order valence-corrected chi connectivity index (χ0v) is 18.2. The Morgan fingerprint density at radius 2 is 2.00 bits per heavy atom. The number of fused-ring (bicyclic) bond motifs is 3. The van der Waals surface area contributed by atoms with Gasteiger partial charge in [0.2, 0.25) is 5.95 Å². The smallest absolute Gasteiger partial charge is 0.410 e. The maximum absolute atomic E-state index is 12.4. The van der Waals surface area contributed by atoms with Crippen LogP contribution in [0.4, 0.5) is 15.9 Å². The summed E-state index contributed by atoms with van der Waals surface area (Å²) in [6.07, 6.45) is 3.03. The number of aromatic nitrogens is 4. The van der Waals surface area contributed by atoms with Crippen LogP contribution in [0.3, 0.4) is 0 Å². The lowest BCUT2D eigenvalue weighted by Gasteiger charge is -2.28. The topological polar surface area (TPSA) is 120 Å². The van der Waals surface area contributed by atoms with Gasteiger partial charge in [-0.1, -0.05) is 11.3 Å². The van der Waals surface area contributed by atoms with E-state index < -0.39 is 0 Å². The van der Waals surface area contributed by atoms with Crippen molar-refractivity contribution in [3.8, 4) is 21.8 Å². The molecule has 162 valence electrons. The van der Waals surface area contributed by atoms with Crippen LogP contribution in [-0.2, 0) is 16.0 Å². The fourth-order valence-corrected chi connectivity index (χ4v) is 5.13. The number of nitrogens with zero attached hydrogens (tertiary/aromatic N) is 6. The minimum atomic E-state index is -0.319. The fraction of sp³-hybridized carbons (Fsp3) is 0.450. The van der Waals surface area contributed by atoms with Gasteiger partial charge in [-0.15, -0.1) is 0 Å². The summed E-state index contributed by atoms with van der Waals surface area (Å²) < 4.78 is 10.7. The second kappa shape index (κ2) is 7.89. The Bertz CT molecular complexity index is 1080. The Balaban J connectivity index is 1.63. The van der Waals surface area contributed by atoms with Crippen LogP contribution in [-0.4, -0.2) is 63.8 Å². The van der Waals surface area contributed by atoms with Gasteiger partial charge >= 0.3 is 6.09 Å². The minimum absolute atomic E-state index is 0.170. The molecule has 1 atom stereocenters. The van der Waals surface area contributed by atoms with E-state index in [1.807, 2.05) is 13.8 Å². The summed E-state index contributed by atoms with van der Waals surface area (Å²) in [4.78, 5) is 35.5. The summed E-state index contributed by atoms with van der Waals surface area (Å²) in [5, 5.41) is 0.889. The molecule has 4 aliphatic heterocycles.